The predicted molar refractivity (Wildman–Crippen MR) is 143 cm³/mol. The third-order valence-corrected chi connectivity index (χ3v) is 9.71. The molecule has 0 spiro atoms. The SMILES string of the molecule is CC(C)(CO)CCCc1cc(=O)cc(CCCc2cc(=O)cc(CCCC(C)(C)C(=O)O)[s+]2[O-])[s+]1[O-]. The van der Waals surface area contributed by atoms with E-state index in [9.17, 15) is 33.7 Å². The molecule has 2 unspecified atom stereocenters. The summed E-state index contributed by atoms with van der Waals surface area (Å²) >= 11 is 0. The number of aliphatic carboxylic acids is 1. The molecule has 0 radical (unpaired) electrons. The van der Waals surface area contributed by atoms with Crippen molar-refractivity contribution in [3.8, 4) is 0 Å². The van der Waals surface area contributed by atoms with Gasteiger partial charge in [0.1, 0.15) is 0 Å². The van der Waals surface area contributed by atoms with Crippen LogP contribution in [-0.2, 0) is 30.5 Å². The zero-order valence-electron chi connectivity index (χ0n) is 21.6. The van der Waals surface area contributed by atoms with E-state index in [0.717, 1.165) is 12.8 Å². The Morgan fingerprint density at radius 3 is 1.47 bits per heavy atom. The van der Waals surface area contributed by atoms with Crippen LogP contribution in [0.1, 0.15) is 79.3 Å². The molecular formula is C27H38O7S2. The largest absolute Gasteiger partial charge is 0.590 e. The summed E-state index contributed by atoms with van der Waals surface area (Å²) in [6.45, 7) is 7.27. The smallest absolute Gasteiger partial charge is 0.309 e. The molecule has 2 aromatic heterocycles. The second-order valence-electron chi connectivity index (χ2n) is 10.9. The van der Waals surface area contributed by atoms with Gasteiger partial charge in [-0.3, -0.25) is 14.4 Å². The van der Waals surface area contributed by atoms with Crippen LogP contribution in [0.3, 0.4) is 0 Å². The first-order valence-corrected chi connectivity index (χ1v) is 14.6. The maximum atomic E-state index is 13.0. The van der Waals surface area contributed by atoms with E-state index in [1.54, 1.807) is 13.8 Å². The van der Waals surface area contributed by atoms with Crippen LogP contribution in [0, 0.1) is 10.8 Å². The molecule has 9 heteroatoms. The molecule has 200 valence electrons. The Morgan fingerprint density at radius 1 is 0.750 bits per heavy atom. The fourth-order valence-electron chi connectivity index (χ4n) is 4.00. The van der Waals surface area contributed by atoms with Crippen molar-refractivity contribution in [3.63, 3.8) is 0 Å². The quantitative estimate of drug-likeness (QED) is 0.329. The minimum absolute atomic E-state index is 0.0656. The molecule has 0 saturated heterocycles. The summed E-state index contributed by atoms with van der Waals surface area (Å²) in [6, 6.07) is 5.60. The summed E-state index contributed by atoms with van der Waals surface area (Å²) in [5, 5.41) is 18.7. The van der Waals surface area contributed by atoms with Gasteiger partial charge in [-0.1, -0.05) is 13.8 Å². The number of aliphatic hydroxyl groups excluding tert-OH is 1. The van der Waals surface area contributed by atoms with E-state index in [-0.39, 0.29) is 22.9 Å². The lowest BCUT2D eigenvalue weighted by Gasteiger charge is -2.20. The second-order valence-corrected chi connectivity index (χ2v) is 14.0. The lowest BCUT2D eigenvalue weighted by atomic mass is 9.87. The first-order valence-electron chi connectivity index (χ1n) is 12.3. The molecule has 2 atom stereocenters. The molecule has 0 aliphatic heterocycles. The highest BCUT2D eigenvalue weighted by Gasteiger charge is 2.27. The van der Waals surface area contributed by atoms with Crippen molar-refractivity contribution < 1.29 is 24.1 Å². The molecule has 0 aliphatic carbocycles. The van der Waals surface area contributed by atoms with Gasteiger partial charge in [0.2, 0.25) is 0 Å². The average molecular weight is 539 g/mol. The third kappa shape index (κ3) is 8.88. The Kier molecular flexibility index (Phi) is 11.0. The van der Waals surface area contributed by atoms with Crippen molar-refractivity contribution in [1.82, 2.24) is 0 Å². The predicted octanol–water partition coefficient (Wildman–Crippen LogP) is 4.81. The van der Waals surface area contributed by atoms with E-state index in [4.69, 9.17) is 0 Å². The Labute approximate surface area is 218 Å². The van der Waals surface area contributed by atoms with Crippen LogP contribution in [0.2, 0.25) is 0 Å². The first kappa shape index (κ1) is 30.3. The molecule has 0 amide bonds. The molecule has 2 rings (SSSR count). The van der Waals surface area contributed by atoms with Gasteiger partial charge >= 0.3 is 5.97 Å². The van der Waals surface area contributed by atoms with E-state index in [0.29, 0.717) is 64.5 Å². The summed E-state index contributed by atoms with van der Waals surface area (Å²) in [4.78, 5) is 37.8. The van der Waals surface area contributed by atoms with E-state index in [2.05, 4.69) is 0 Å². The number of rotatable bonds is 14. The second kappa shape index (κ2) is 13.1. The van der Waals surface area contributed by atoms with Crippen LogP contribution in [-0.4, -0.2) is 31.9 Å². The van der Waals surface area contributed by atoms with E-state index >= 15 is 0 Å². The van der Waals surface area contributed by atoms with Gasteiger partial charge in [0.15, 0.2) is 30.4 Å². The van der Waals surface area contributed by atoms with Crippen LogP contribution < -0.4 is 10.9 Å². The van der Waals surface area contributed by atoms with Crippen LogP contribution in [0.15, 0.2) is 33.9 Å². The Morgan fingerprint density at radius 2 is 1.11 bits per heavy atom. The van der Waals surface area contributed by atoms with Crippen molar-refractivity contribution in [2.45, 2.75) is 85.5 Å². The first-order chi connectivity index (χ1) is 16.8. The standard InChI is InChI=1S/C27H38O7S2/c1-26(2,18-28)12-6-10-23-16-19(29)14-21(35(23)33)8-5-9-22-15-20(30)17-24(36(22)34)11-7-13-27(3,4)25(31)32/h14-17,28H,5-13,18H2,1-4H3,(H,31,32). The van der Waals surface area contributed by atoms with Crippen molar-refractivity contribution >= 4 is 27.5 Å². The maximum Gasteiger partial charge on any atom is 0.309 e. The lowest BCUT2D eigenvalue weighted by molar-refractivity contribution is -0.147. The highest BCUT2D eigenvalue weighted by molar-refractivity contribution is 7.25. The fraction of sp³-hybridized carbons (Fsp3) is 0.593. The number of carbonyl (C=O) groups is 1. The maximum absolute atomic E-state index is 13.0. The van der Waals surface area contributed by atoms with E-state index < -0.39 is 32.9 Å². The minimum Gasteiger partial charge on any atom is -0.590 e. The van der Waals surface area contributed by atoms with Crippen LogP contribution in [0.4, 0.5) is 0 Å². The van der Waals surface area contributed by atoms with Gasteiger partial charge in [0.25, 0.3) is 0 Å². The Hall–Kier alpha value is -1.91. The summed E-state index contributed by atoms with van der Waals surface area (Å²) in [5.74, 6) is -0.891. The molecule has 0 bridgehead atoms. The molecule has 2 aromatic rings. The lowest BCUT2D eigenvalue weighted by Crippen LogP contribution is -2.23. The van der Waals surface area contributed by atoms with Gasteiger partial charge < -0.3 is 19.3 Å². The van der Waals surface area contributed by atoms with Crippen LogP contribution >= 0.6 is 21.5 Å². The summed E-state index contributed by atoms with van der Waals surface area (Å²) in [6.07, 6.45) is 4.57. The van der Waals surface area contributed by atoms with Crippen molar-refractivity contribution in [3.05, 3.63) is 64.2 Å². The number of carboxylic acid groups (broad SMARTS) is 1. The molecule has 0 saturated carbocycles. The van der Waals surface area contributed by atoms with Gasteiger partial charge in [0.05, 0.1) is 5.41 Å². The highest BCUT2D eigenvalue weighted by Crippen LogP contribution is 2.31. The van der Waals surface area contributed by atoms with Gasteiger partial charge in [-0.15, -0.1) is 0 Å². The number of hydrogen-bond acceptors (Lipinski definition) is 6. The van der Waals surface area contributed by atoms with Crippen molar-refractivity contribution in [2.75, 3.05) is 6.61 Å². The molecule has 36 heavy (non-hydrogen) atoms. The van der Waals surface area contributed by atoms with Crippen LogP contribution in [0.5, 0.6) is 0 Å². The molecule has 0 aromatic carbocycles. The van der Waals surface area contributed by atoms with E-state index in [1.807, 2.05) is 13.8 Å². The molecule has 0 fully saturated rings. The van der Waals surface area contributed by atoms with Gasteiger partial charge in [0, 0.05) is 56.6 Å². The van der Waals surface area contributed by atoms with Crippen LogP contribution in [0.25, 0.3) is 0 Å². The van der Waals surface area contributed by atoms with Crippen molar-refractivity contribution in [2.24, 2.45) is 10.8 Å². The summed E-state index contributed by atoms with van der Waals surface area (Å²) < 4.78 is 26.0. The van der Waals surface area contributed by atoms with Gasteiger partial charge in [-0.05, 0) is 72.9 Å². The molecule has 7 nitrogen and oxygen atoms in total. The fourth-order valence-corrected chi connectivity index (χ4v) is 6.88. The number of aliphatic hydroxyl groups is 1. The van der Waals surface area contributed by atoms with Gasteiger partial charge in [-0.2, -0.15) is 0 Å². The van der Waals surface area contributed by atoms with E-state index in [1.165, 1.54) is 24.3 Å². The zero-order chi connectivity index (χ0) is 27.1. The summed E-state index contributed by atoms with van der Waals surface area (Å²) in [7, 11) is -2.85. The average Bonchev–Trinajstić information content (AvgIpc) is 2.79. The highest BCUT2D eigenvalue weighted by atomic mass is 32.2. The zero-order valence-corrected chi connectivity index (χ0v) is 23.3. The topological polar surface area (TPSA) is 138 Å². The van der Waals surface area contributed by atoms with Crippen molar-refractivity contribution in [1.29, 1.82) is 0 Å². The normalized spacial score (nSPS) is 13.2. The Balaban J connectivity index is 2.04. The number of aryl methyl sites for hydroxylation is 4. The monoisotopic (exact) mass is 538 g/mol. The number of hydrogen-bond donors (Lipinski definition) is 2. The molecule has 2 N–H and O–H groups in total. The Bertz CT molecular complexity index is 1160. The summed E-state index contributed by atoms with van der Waals surface area (Å²) in [5.41, 5.74) is -1.53. The third-order valence-electron chi connectivity index (χ3n) is 6.52. The molecule has 2 heterocycles. The minimum atomic E-state index is -1.46. The molecule has 0 aliphatic rings. The van der Waals surface area contributed by atoms with Gasteiger partial charge in [-0.25, -0.2) is 0 Å². The molecular weight excluding hydrogens is 500 g/mol. The number of carboxylic acids is 1.